The third-order valence-electron chi connectivity index (χ3n) is 1.81. The van der Waals surface area contributed by atoms with Crippen molar-refractivity contribution in [2.75, 3.05) is 5.73 Å². The van der Waals surface area contributed by atoms with E-state index in [0.717, 1.165) is 22.0 Å². The van der Waals surface area contributed by atoms with Gasteiger partial charge in [0.05, 0.1) is 17.0 Å². The Kier molecular flexibility index (Phi) is 1.98. The van der Waals surface area contributed by atoms with E-state index in [1.165, 1.54) is 11.5 Å². The molecule has 2 rings (SSSR count). The summed E-state index contributed by atoms with van der Waals surface area (Å²) in [6, 6.07) is 5.76. The van der Waals surface area contributed by atoms with Gasteiger partial charge < -0.3 is 5.73 Å². The number of rotatable bonds is 1. The van der Waals surface area contributed by atoms with E-state index in [9.17, 15) is 0 Å². The van der Waals surface area contributed by atoms with Crippen molar-refractivity contribution in [1.82, 2.24) is 9.36 Å². The number of nitrogen functional groups attached to an aromatic ring is 1. The number of nitrogens with zero attached hydrogens (tertiary/aromatic N) is 2. The first-order valence-electron chi connectivity index (χ1n) is 3.92. The summed E-state index contributed by atoms with van der Waals surface area (Å²) in [5.41, 5.74) is 8.59. The van der Waals surface area contributed by atoms with Gasteiger partial charge in [0, 0.05) is 6.20 Å². The minimum absolute atomic E-state index is 0.733. The van der Waals surface area contributed by atoms with Gasteiger partial charge in [-0.05, 0) is 30.6 Å². The summed E-state index contributed by atoms with van der Waals surface area (Å²) in [6.07, 6.45) is 1.76. The Bertz CT molecular complexity index is 389. The van der Waals surface area contributed by atoms with Gasteiger partial charge in [-0.2, -0.15) is 4.37 Å². The molecule has 4 heteroatoms. The topological polar surface area (TPSA) is 51.8 Å². The lowest BCUT2D eigenvalue weighted by atomic mass is 10.1. The van der Waals surface area contributed by atoms with Crippen LogP contribution < -0.4 is 5.73 Å². The summed E-state index contributed by atoms with van der Waals surface area (Å²) in [4.78, 5) is 4.23. The maximum atomic E-state index is 5.79. The Morgan fingerprint density at radius 1 is 1.38 bits per heavy atom. The minimum atomic E-state index is 0.733. The smallest absolute Gasteiger partial charge is 0.116 e. The summed E-state index contributed by atoms with van der Waals surface area (Å²) < 4.78 is 4.17. The van der Waals surface area contributed by atoms with Gasteiger partial charge in [-0.1, -0.05) is 6.07 Å². The molecule has 0 saturated carbocycles. The van der Waals surface area contributed by atoms with Crippen molar-refractivity contribution in [2.24, 2.45) is 0 Å². The first-order valence-corrected chi connectivity index (χ1v) is 4.69. The molecule has 0 aliphatic heterocycles. The third kappa shape index (κ3) is 1.40. The molecule has 2 heterocycles. The van der Waals surface area contributed by atoms with Gasteiger partial charge >= 0.3 is 0 Å². The van der Waals surface area contributed by atoms with Crippen molar-refractivity contribution >= 4 is 16.5 Å². The predicted octanol–water partition coefficient (Wildman–Crippen LogP) is 2.10. The largest absolute Gasteiger partial charge is 0.389 e. The molecule has 0 saturated heterocycles. The zero-order valence-corrected chi connectivity index (χ0v) is 8.01. The summed E-state index contributed by atoms with van der Waals surface area (Å²) in [7, 11) is 0. The maximum absolute atomic E-state index is 5.79. The summed E-state index contributed by atoms with van der Waals surface area (Å²) in [5, 5.41) is 0.733. The molecule has 2 aromatic heterocycles. The predicted molar refractivity (Wildman–Crippen MR) is 54.5 cm³/mol. The van der Waals surface area contributed by atoms with E-state index >= 15 is 0 Å². The number of aromatic nitrogens is 2. The number of aryl methyl sites for hydroxylation is 1. The van der Waals surface area contributed by atoms with Crippen LogP contribution in [0.25, 0.3) is 11.3 Å². The molecule has 0 amide bonds. The van der Waals surface area contributed by atoms with Gasteiger partial charge in [0.15, 0.2) is 0 Å². The fourth-order valence-corrected chi connectivity index (χ4v) is 1.88. The molecular weight excluding hydrogens is 182 g/mol. The Labute approximate surface area is 80.4 Å². The van der Waals surface area contributed by atoms with Gasteiger partial charge in [0.1, 0.15) is 5.00 Å². The lowest BCUT2D eigenvalue weighted by molar-refractivity contribution is 1.28. The number of hydrogen-bond acceptors (Lipinski definition) is 4. The van der Waals surface area contributed by atoms with E-state index in [1.54, 1.807) is 6.20 Å². The summed E-state index contributed by atoms with van der Waals surface area (Å²) in [5.74, 6) is 0. The van der Waals surface area contributed by atoms with Crippen molar-refractivity contribution < 1.29 is 0 Å². The highest BCUT2D eigenvalue weighted by molar-refractivity contribution is 7.10. The van der Waals surface area contributed by atoms with Crippen molar-refractivity contribution in [2.45, 2.75) is 6.92 Å². The number of nitrogens with two attached hydrogens (primary N) is 1. The average Bonchev–Trinajstić information content (AvgIpc) is 2.48. The van der Waals surface area contributed by atoms with Gasteiger partial charge in [-0.25, -0.2) is 0 Å². The van der Waals surface area contributed by atoms with E-state index in [0.29, 0.717) is 0 Å². The highest BCUT2D eigenvalue weighted by Crippen LogP contribution is 2.30. The van der Waals surface area contributed by atoms with Crippen molar-refractivity contribution in [3.63, 3.8) is 0 Å². The zero-order chi connectivity index (χ0) is 9.26. The molecule has 66 valence electrons. The molecule has 13 heavy (non-hydrogen) atoms. The molecule has 3 nitrogen and oxygen atoms in total. The molecule has 0 bridgehead atoms. The Hall–Kier alpha value is -1.42. The number of anilines is 1. The fraction of sp³-hybridized carbons (Fsp3) is 0.111. The second kappa shape index (κ2) is 3.14. The van der Waals surface area contributed by atoms with Crippen molar-refractivity contribution in [3.05, 3.63) is 30.1 Å². The van der Waals surface area contributed by atoms with Crippen LogP contribution in [0.4, 0.5) is 5.00 Å². The highest BCUT2D eigenvalue weighted by Gasteiger charge is 2.10. The van der Waals surface area contributed by atoms with E-state index < -0.39 is 0 Å². The highest BCUT2D eigenvalue weighted by atomic mass is 32.1. The molecular formula is C9H9N3S. The second-order valence-corrected chi connectivity index (χ2v) is 3.53. The van der Waals surface area contributed by atoms with Crippen molar-refractivity contribution in [1.29, 1.82) is 0 Å². The van der Waals surface area contributed by atoms with Crippen LogP contribution in [-0.4, -0.2) is 9.36 Å². The van der Waals surface area contributed by atoms with E-state index in [-0.39, 0.29) is 0 Å². The van der Waals surface area contributed by atoms with E-state index in [1.807, 2.05) is 25.1 Å². The van der Waals surface area contributed by atoms with Crippen molar-refractivity contribution in [3.8, 4) is 11.3 Å². The standard InChI is InChI=1S/C9H9N3S/c1-6-8(9(10)13-12-6)7-4-2-3-5-11-7/h2-5H,10H2,1H3. The SMILES string of the molecule is Cc1nsc(N)c1-c1ccccn1. The summed E-state index contributed by atoms with van der Waals surface area (Å²) in [6.45, 7) is 1.94. The van der Waals surface area contributed by atoms with Gasteiger partial charge in [0.2, 0.25) is 0 Å². The van der Waals surface area contributed by atoms with Crippen LogP contribution in [-0.2, 0) is 0 Å². The van der Waals surface area contributed by atoms with E-state index in [4.69, 9.17) is 5.73 Å². The van der Waals surface area contributed by atoms with Crippen LogP contribution in [0.15, 0.2) is 24.4 Å². The number of hydrogen-bond donors (Lipinski definition) is 1. The zero-order valence-electron chi connectivity index (χ0n) is 7.19. The lowest BCUT2D eigenvalue weighted by Gasteiger charge is -1.98. The van der Waals surface area contributed by atoms with Crippen LogP contribution in [0.1, 0.15) is 5.69 Å². The molecule has 0 unspecified atom stereocenters. The molecule has 0 fully saturated rings. The molecule has 2 aromatic rings. The Balaban J connectivity index is 2.59. The van der Waals surface area contributed by atoms with Crippen LogP contribution in [0.3, 0.4) is 0 Å². The molecule has 0 atom stereocenters. The maximum Gasteiger partial charge on any atom is 0.116 e. The summed E-state index contributed by atoms with van der Waals surface area (Å²) >= 11 is 1.31. The van der Waals surface area contributed by atoms with Gasteiger partial charge in [-0.3, -0.25) is 4.98 Å². The van der Waals surface area contributed by atoms with Gasteiger partial charge in [-0.15, -0.1) is 0 Å². The Morgan fingerprint density at radius 3 is 2.77 bits per heavy atom. The number of pyridine rings is 1. The molecule has 2 N–H and O–H groups in total. The van der Waals surface area contributed by atoms with Crippen LogP contribution in [0.2, 0.25) is 0 Å². The minimum Gasteiger partial charge on any atom is -0.389 e. The van der Waals surface area contributed by atoms with Crippen LogP contribution in [0, 0.1) is 6.92 Å². The molecule has 0 aromatic carbocycles. The lowest BCUT2D eigenvalue weighted by Crippen LogP contribution is -1.88. The normalized spacial score (nSPS) is 10.2. The van der Waals surface area contributed by atoms with E-state index in [2.05, 4.69) is 9.36 Å². The first-order chi connectivity index (χ1) is 6.29. The molecule has 0 radical (unpaired) electrons. The third-order valence-corrected chi connectivity index (χ3v) is 2.58. The first kappa shape index (κ1) is 8.19. The monoisotopic (exact) mass is 191 g/mol. The fourth-order valence-electron chi connectivity index (χ4n) is 1.21. The van der Waals surface area contributed by atoms with Gasteiger partial charge in [0.25, 0.3) is 0 Å². The second-order valence-electron chi connectivity index (χ2n) is 2.72. The Morgan fingerprint density at radius 2 is 2.23 bits per heavy atom. The molecule has 0 aliphatic carbocycles. The van der Waals surface area contributed by atoms with Crippen LogP contribution in [0.5, 0.6) is 0 Å². The van der Waals surface area contributed by atoms with Crippen LogP contribution >= 0.6 is 11.5 Å². The average molecular weight is 191 g/mol. The quantitative estimate of drug-likeness (QED) is 0.751. The molecule has 0 aliphatic rings. The molecule has 0 spiro atoms.